The molecule has 1 fully saturated rings. The van der Waals surface area contributed by atoms with E-state index in [-0.39, 0.29) is 11.2 Å². The maximum atomic E-state index is 12.3. The topological polar surface area (TPSA) is 43.1 Å². The molecule has 17 heavy (non-hydrogen) atoms. The molecule has 0 aliphatic heterocycles. The fourth-order valence-corrected chi connectivity index (χ4v) is 2.31. The van der Waals surface area contributed by atoms with E-state index in [1.807, 2.05) is 36.4 Å². The summed E-state index contributed by atoms with van der Waals surface area (Å²) in [5.74, 6) is 0.214. The van der Waals surface area contributed by atoms with E-state index in [1.54, 1.807) is 0 Å². The number of nitrogens with two attached hydrogens (primary N) is 1. The van der Waals surface area contributed by atoms with Gasteiger partial charge in [-0.15, -0.1) is 0 Å². The Hall–Kier alpha value is -1.67. The Morgan fingerprint density at radius 3 is 2.47 bits per heavy atom. The van der Waals surface area contributed by atoms with Crippen molar-refractivity contribution >= 4 is 16.6 Å². The summed E-state index contributed by atoms with van der Waals surface area (Å²) in [6.07, 6.45) is 1.88. The number of fused-ring (bicyclic) bond motifs is 1. The van der Waals surface area contributed by atoms with E-state index < -0.39 is 0 Å². The highest BCUT2D eigenvalue weighted by Crippen LogP contribution is 2.47. The van der Waals surface area contributed by atoms with Crippen LogP contribution < -0.4 is 5.73 Å². The molecule has 0 amide bonds. The van der Waals surface area contributed by atoms with Crippen LogP contribution in [0, 0.1) is 5.41 Å². The van der Waals surface area contributed by atoms with E-state index in [9.17, 15) is 4.79 Å². The zero-order chi connectivity index (χ0) is 11.9. The fraction of sp³-hybridized carbons (Fsp3) is 0.267. The van der Waals surface area contributed by atoms with Gasteiger partial charge < -0.3 is 5.73 Å². The van der Waals surface area contributed by atoms with E-state index in [4.69, 9.17) is 5.73 Å². The molecule has 0 spiro atoms. The first-order valence-electron chi connectivity index (χ1n) is 5.99. The quantitative estimate of drug-likeness (QED) is 0.816. The molecule has 1 saturated carbocycles. The highest BCUT2D eigenvalue weighted by Gasteiger charge is 2.48. The first-order valence-corrected chi connectivity index (χ1v) is 5.99. The molecule has 0 aromatic heterocycles. The lowest BCUT2D eigenvalue weighted by molar-refractivity contribution is 0.0906. The van der Waals surface area contributed by atoms with Gasteiger partial charge in [-0.3, -0.25) is 4.79 Å². The maximum absolute atomic E-state index is 12.3. The van der Waals surface area contributed by atoms with Crippen molar-refractivity contribution in [1.29, 1.82) is 0 Å². The van der Waals surface area contributed by atoms with Crippen LogP contribution in [0.5, 0.6) is 0 Å². The summed E-state index contributed by atoms with van der Waals surface area (Å²) in [6, 6.07) is 14.0. The van der Waals surface area contributed by atoms with Crippen LogP contribution in [0.4, 0.5) is 0 Å². The van der Waals surface area contributed by atoms with Gasteiger partial charge in [-0.1, -0.05) is 36.4 Å². The van der Waals surface area contributed by atoms with Gasteiger partial charge in [0, 0.05) is 17.5 Å². The number of ketones is 1. The minimum absolute atomic E-state index is 0.214. The van der Waals surface area contributed by atoms with E-state index in [0.29, 0.717) is 6.54 Å². The molecular formula is C15H15NO. The monoisotopic (exact) mass is 225 g/mol. The van der Waals surface area contributed by atoms with Crippen molar-refractivity contribution in [1.82, 2.24) is 0 Å². The summed E-state index contributed by atoms with van der Waals surface area (Å²) in [7, 11) is 0. The average Bonchev–Trinajstić information content (AvgIpc) is 3.18. The van der Waals surface area contributed by atoms with Gasteiger partial charge in [0.2, 0.25) is 0 Å². The van der Waals surface area contributed by atoms with Gasteiger partial charge in [-0.05, 0) is 29.7 Å². The summed E-state index contributed by atoms with van der Waals surface area (Å²) in [5.41, 5.74) is 6.25. The highest BCUT2D eigenvalue weighted by atomic mass is 16.1. The fourth-order valence-electron chi connectivity index (χ4n) is 2.31. The summed E-state index contributed by atoms with van der Waals surface area (Å²) >= 11 is 0. The SMILES string of the molecule is NCC1(C(=O)c2ccc3ccccc3c2)CC1. The third kappa shape index (κ3) is 1.65. The summed E-state index contributed by atoms with van der Waals surface area (Å²) in [4.78, 5) is 12.3. The number of hydrogen-bond donors (Lipinski definition) is 1. The van der Waals surface area contributed by atoms with Crippen molar-refractivity contribution in [2.45, 2.75) is 12.8 Å². The van der Waals surface area contributed by atoms with Gasteiger partial charge in [-0.2, -0.15) is 0 Å². The van der Waals surface area contributed by atoms with E-state index in [2.05, 4.69) is 6.07 Å². The Balaban J connectivity index is 2.04. The minimum atomic E-state index is -0.248. The number of rotatable bonds is 3. The summed E-state index contributed by atoms with van der Waals surface area (Å²) < 4.78 is 0. The molecular weight excluding hydrogens is 210 g/mol. The van der Waals surface area contributed by atoms with Crippen LogP contribution in [0.2, 0.25) is 0 Å². The summed E-state index contributed by atoms with van der Waals surface area (Å²) in [6.45, 7) is 0.471. The van der Waals surface area contributed by atoms with Crippen molar-refractivity contribution in [3.63, 3.8) is 0 Å². The average molecular weight is 225 g/mol. The molecule has 0 bridgehead atoms. The largest absolute Gasteiger partial charge is 0.329 e. The molecule has 1 aliphatic rings. The minimum Gasteiger partial charge on any atom is -0.329 e. The van der Waals surface area contributed by atoms with Crippen LogP contribution >= 0.6 is 0 Å². The zero-order valence-corrected chi connectivity index (χ0v) is 9.65. The van der Waals surface area contributed by atoms with Crippen LogP contribution in [-0.4, -0.2) is 12.3 Å². The van der Waals surface area contributed by atoms with Crippen LogP contribution in [0.25, 0.3) is 10.8 Å². The third-order valence-corrected chi connectivity index (χ3v) is 3.74. The molecule has 2 nitrogen and oxygen atoms in total. The molecule has 2 aromatic carbocycles. The Morgan fingerprint density at radius 2 is 1.82 bits per heavy atom. The number of hydrogen-bond acceptors (Lipinski definition) is 2. The lowest BCUT2D eigenvalue weighted by Crippen LogP contribution is -2.25. The number of carbonyl (C=O) groups excluding carboxylic acids is 1. The van der Waals surface area contributed by atoms with Gasteiger partial charge >= 0.3 is 0 Å². The number of benzene rings is 2. The third-order valence-electron chi connectivity index (χ3n) is 3.74. The van der Waals surface area contributed by atoms with Gasteiger partial charge in [0.25, 0.3) is 0 Å². The van der Waals surface area contributed by atoms with Crippen molar-refractivity contribution in [2.24, 2.45) is 11.1 Å². The second kappa shape index (κ2) is 3.67. The second-order valence-corrected chi connectivity index (χ2v) is 4.88. The maximum Gasteiger partial charge on any atom is 0.170 e. The normalized spacial score (nSPS) is 17.0. The Kier molecular flexibility index (Phi) is 2.26. The molecule has 0 radical (unpaired) electrons. The second-order valence-electron chi connectivity index (χ2n) is 4.88. The highest BCUT2D eigenvalue weighted by molar-refractivity contribution is 6.04. The Morgan fingerprint density at radius 1 is 1.12 bits per heavy atom. The van der Waals surface area contributed by atoms with Crippen LogP contribution in [0.1, 0.15) is 23.2 Å². The van der Waals surface area contributed by atoms with E-state index in [1.165, 1.54) is 5.39 Å². The van der Waals surface area contributed by atoms with Crippen LogP contribution in [-0.2, 0) is 0 Å². The number of carbonyl (C=O) groups is 1. The molecule has 1 aliphatic carbocycles. The van der Waals surface area contributed by atoms with Gasteiger partial charge in [-0.25, -0.2) is 0 Å². The zero-order valence-electron chi connectivity index (χ0n) is 9.65. The molecule has 2 aromatic rings. The predicted molar refractivity (Wildman–Crippen MR) is 69.0 cm³/mol. The van der Waals surface area contributed by atoms with Gasteiger partial charge in [0.15, 0.2) is 5.78 Å². The standard InChI is InChI=1S/C15H15NO/c16-10-15(7-8-15)14(17)13-6-5-11-3-1-2-4-12(11)9-13/h1-6,9H,7-8,10,16H2. The lowest BCUT2D eigenvalue weighted by Gasteiger charge is -2.11. The van der Waals surface area contributed by atoms with Gasteiger partial charge in [0.1, 0.15) is 0 Å². The molecule has 86 valence electrons. The molecule has 0 unspecified atom stereocenters. The Bertz CT molecular complexity index is 584. The van der Waals surface area contributed by atoms with Crippen molar-refractivity contribution in [2.75, 3.05) is 6.54 Å². The van der Waals surface area contributed by atoms with Crippen LogP contribution in [0.3, 0.4) is 0 Å². The van der Waals surface area contributed by atoms with E-state index >= 15 is 0 Å². The first kappa shape index (κ1) is 10.5. The van der Waals surface area contributed by atoms with Crippen molar-refractivity contribution in [3.8, 4) is 0 Å². The van der Waals surface area contributed by atoms with Crippen molar-refractivity contribution in [3.05, 3.63) is 48.0 Å². The summed E-state index contributed by atoms with van der Waals surface area (Å²) in [5, 5.41) is 2.29. The smallest absolute Gasteiger partial charge is 0.170 e. The number of Topliss-reactive ketones (excluding diaryl/α,β-unsaturated/α-hetero) is 1. The van der Waals surface area contributed by atoms with Crippen molar-refractivity contribution < 1.29 is 4.79 Å². The lowest BCUT2D eigenvalue weighted by atomic mass is 9.93. The molecule has 2 heteroatoms. The molecule has 0 atom stereocenters. The molecule has 0 saturated heterocycles. The first-order chi connectivity index (χ1) is 8.25. The van der Waals surface area contributed by atoms with Crippen LogP contribution in [0.15, 0.2) is 42.5 Å². The molecule has 2 N–H and O–H groups in total. The van der Waals surface area contributed by atoms with Gasteiger partial charge in [0.05, 0.1) is 0 Å². The predicted octanol–water partition coefficient (Wildman–Crippen LogP) is 2.76. The molecule has 3 rings (SSSR count). The Labute approximate surface area is 100 Å². The van der Waals surface area contributed by atoms with E-state index in [0.717, 1.165) is 23.8 Å². The molecule has 0 heterocycles.